The minimum absolute atomic E-state index is 0.0524. The van der Waals surface area contributed by atoms with Crippen molar-refractivity contribution >= 4 is 11.8 Å². The van der Waals surface area contributed by atoms with E-state index < -0.39 is 0 Å². The topological polar surface area (TPSA) is 84.5 Å². The molecule has 1 atom stereocenters. The molecule has 37 heavy (non-hydrogen) atoms. The predicted molar refractivity (Wildman–Crippen MR) is 147 cm³/mol. The van der Waals surface area contributed by atoms with Gasteiger partial charge in [-0.05, 0) is 55.5 Å². The van der Waals surface area contributed by atoms with Crippen LogP contribution in [0, 0.1) is 6.92 Å². The molecule has 2 amide bonds. The van der Waals surface area contributed by atoms with Crippen LogP contribution < -0.4 is 5.73 Å². The molecule has 2 heterocycles. The maximum absolute atomic E-state index is 13.9. The summed E-state index contributed by atoms with van der Waals surface area (Å²) in [6.45, 7) is 8.56. The van der Waals surface area contributed by atoms with E-state index in [1.54, 1.807) is 4.68 Å². The van der Waals surface area contributed by atoms with Crippen molar-refractivity contribution in [1.29, 1.82) is 0 Å². The number of unbranched alkanes of at least 4 members (excludes halogenated alkanes) is 2. The molecule has 2 N–H and O–H groups in total. The number of aromatic nitrogens is 2. The minimum Gasteiger partial charge on any atom is -0.337 e. The molecule has 0 bridgehead atoms. The molecular weight excluding hydrogens is 462 g/mol. The highest BCUT2D eigenvalue weighted by Gasteiger charge is 2.31. The normalized spacial score (nSPS) is 14.9. The van der Waals surface area contributed by atoms with E-state index in [0.29, 0.717) is 30.0 Å². The van der Waals surface area contributed by atoms with Crippen LogP contribution in [0.4, 0.5) is 0 Å². The fourth-order valence-electron chi connectivity index (χ4n) is 5.03. The van der Waals surface area contributed by atoms with Gasteiger partial charge in [-0.2, -0.15) is 5.10 Å². The number of nitrogens with zero attached hydrogens (tertiary/aromatic N) is 4. The summed E-state index contributed by atoms with van der Waals surface area (Å²) in [4.78, 5) is 31.1. The van der Waals surface area contributed by atoms with Gasteiger partial charge in [0, 0.05) is 37.9 Å². The number of rotatable bonds is 10. The van der Waals surface area contributed by atoms with Crippen LogP contribution in [-0.4, -0.2) is 57.1 Å². The van der Waals surface area contributed by atoms with E-state index in [9.17, 15) is 9.59 Å². The first-order valence-electron chi connectivity index (χ1n) is 13.5. The Balaban J connectivity index is 1.64. The SMILES string of the molecule is CCCCN(CCCC)C(=O)c1cc(C)n(-c2ccccc2C(=O)N2Cc3ccccc3CC2CN)n1. The van der Waals surface area contributed by atoms with Crippen molar-refractivity contribution in [1.82, 2.24) is 19.6 Å². The zero-order chi connectivity index (χ0) is 26.4. The number of hydrogen-bond donors (Lipinski definition) is 1. The first-order chi connectivity index (χ1) is 18.0. The van der Waals surface area contributed by atoms with E-state index in [1.807, 2.05) is 59.2 Å². The van der Waals surface area contributed by atoms with Gasteiger partial charge < -0.3 is 15.5 Å². The number of benzene rings is 2. The van der Waals surface area contributed by atoms with Gasteiger partial charge in [0.05, 0.1) is 11.3 Å². The lowest BCUT2D eigenvalue weighted by atomic mass is 9.93. The molecule has 7 heteroatoms. The summed E-state index contributed by atoms with van der Waals surface area (Å²) < 4.78 is 1.73. The number of carbonyl (C=O) groups excluding carboxylic acids is 2. The molecule has 0 radical (unpaired) electrons. The fourth-order valence-corrected chi connectivity index (χ4v) is 5.03. The fraction of sp³-hybridized carbons (Fsp3) is 0.433. The van der Waals surface area contributed by atoms with Crippen LogP contribution in [0.2, 0.25) is 0 Å². The summed E-state index contributed by atoms with van der Waals surface area (Å²) in [7, 11) is 0. The smallest absolute Gasteiger partial charge is 0.274 e. The zero-order valence-electron chi connectivity index (χ0n) is 22.3. The Bertz CT molecular complexity index is 1230. The number of para-hydroxylation sites is 1. The number of aryl methyl sites for hydroxylation is 1. The van der Waals surface area contributed by atoms with Gasteiger partial charge in [0.15, 0.2) is 5.69 Å². The third kappa shape index (κ3) is 5.77. The number of fused-ring (bicyclic) bond motifs is 1. The van der Waals surface area contributed by atoms with E-state index in [2.05, 4.69) is 26.0 Å². The van der Waals surface area contributed by atoms with Gasteiger partial charge in [-0.15, -0.1) is 0 Å². The molecule has 2 aromatic carbocycles. The van der Waals surface area contributed by atoms with Gasteiger partial charge in [-0.3, -0.25) is 9.59 Å². The van der Waals surface area contributed by atoms with Crippen molar-refractivity contribution in [2.45, 2.75) is 65.5 Å². The van der Waals surface area contributed by atoms with Gasteiger partial charge in [0.1, 0.15) is 0 Å². The van der Waals surface area contributed by atoms with Crippen molar-refractivity contribution in [2.24, 2.45) is 5.73 Å². The third-order valence-corrected chi connectivity index (χ3v) is 7.21. The molecule has 1 aromatic heterocycles. The zero-order valence-corrected chi connectivity index (χ0v) is 22.3. The summed E-state index contributed by atoms with van der Waals surface area (Å²) >= 11 is 0. The van der Waals surface area contributed by atoms with Crippen LogP contribution in [-0.2, 0) is 13.0 Å². The van der Waals surface area contributed by atoms with E-state index in [0.717, 1.165) is 56.5 Å². The first kappa shape index (κ1) is 26.6. The number of hydrogen-bond acceptors (Lipinski definition) is 4. The Kier molecular flexibility index (Phi) is 8.77. The second-order valence-electron chi connectivity index (χ2n) is 9.89. The molecule has 4 rings (SSSR count). The lowest BCUT2D eigenvalue weighted by Crippen LogP contribution is -2.48. The second-order valence-corrected chi connectivity index (χ2v) is 9.89. The molecular formula is C30H39N5O2. The van der Waals surface area contributed by atoms with E-state index in [1.165, 1.54) is 5.56 Å². The average molecular weight is 502 g/mol. The van der Waals surface area contributed by atoms with Gasteiger partial charge in [0.25, 0.3) is 11.8 Å². The van der Waals surface area contributed by atoms with E-state index in [-0.39, 0.29) is 17.9 Å². The predicted octanol–water partition coefficient (Wildman–Crippen LogP) is 4.75. The standard InChI is InChI=1S/C30H39N5O2/c1-4-6-16-33(17-7-5-2)30(37)27-18-22(3)35(32-27)28-15-11-10-14-26(28)29(36)34-21-24-13-9-8-12-23(24)19-25(34)20-31/h8-15,18,25H,4-7,16-17,19-21,31H2,1-3H3. The Hall–Kier alpha value is -3.45. The van der Waals surface area contributed by atoms with Crippen molar-refractivity contribution in [3.63, 3.8) is 0 Å². The van der Waals surface area contributed by atoms with Gasteiger partial charge in [-0.1, -0.05) is 63.1 Å². The van der Waals surface area contributed by atoms with Crippen molar-refractivity contribution in [2.75, 3.05) is 19.6 Å². The third-order valence-electron chi connectivity index (χ3n) is 7.21. The second kappa shape index (κ2) is 12.2. The highest BCUT2D eigenvalue weighted by atomic mass is 16.2. The number of nitrogens with two attached hydrogens (primary N) is 1. The lowest BCUT2D eigenvalue weighted by Gasteiger charge is -2.36. The van der Waals surface area contributed by atoms with Crippen LogP contribution in [0.5, 0.6) is 0 Å². The summed E-state index contributed by atoms with van der Waals surface area (Å²) in [5, 5.41) is 4.71. The number of carbonyl (C=O) groups is 2. The minimum atomic E-state index is -0.0733. The maximum atomic E-state index is 13.9. The monoisotopic (exact) mass is 501 g/mol. The lowest BCUT2D eigenvalue weighted by molar-refractivity contribution is 0.0647. The molecule has 0 saturated heterocycles. The summed E-state index contributed by atoms with van der Waals surface area (Å²) in [5.41, 5.74) is 11.0. The largest absolute Gasteiger partial charge is 0.337 e. The van der Waals surface area contributed by atoms with Gasteiger partial charge in [-0.25, -0.2) is 4.68 Å². The van der Waals surface area contributed by atoms with Crippen LogP contribution in [0.3, 0.4) is 0 Å². The van der Waals surface area contributed by atoms with Gasteiger partial charge >= 0.3 is 0 Å². The molecule has 1 aliphatic heterocycles. The molecule has 0 spiro atoms. The number of amides is 2. The summed E-state index contributed by atoms with van der Waals surface area (Å²) in [5.74, 6) is -0.126. The van der Waals surface area contributed by atoms with Crippen molar-refractivity contribution in [3.05, 3.63) is 82.7 Å². The van der Waals surface area contributed by atoms with Gasteiger partial charge in [0.2, 0.25) is 0 Å². The Morgan fingerprint density at radius 1 is 1.00 bits per heavy atom. The van der Waals surface area contributed by atoms with E-state index in [4.69, 9.17) is 10.8 Å². The van der Waals surface area contributed by atoms with Crippen molar-refractivity contribution < 1.29 is 9.59 Å². The highest BCUT2D eigenvalue weighted by Crippen LogP contribution is 2.27. The van der Waals surface area contributed by atoms with Crippen LogP contribution in [0.15, 0.2) is 54.6 Å². The molecule has 1 aliphatic rings. The first-order valence-corrected chi connectivity index (χ1v) is 13.5. The van der Waals surface area contributed by atoms with E-state index >= 15 is 0 Å². The Morgan fingerprint density at radius 3 is 2.32 bits per heavy atom. The summed E-state index contributed by atoms with van der Waals surface area (Å²) in [6, 6.07) is 17.5. The maximum Gasteiger partial charge on any atom is 0.274 e. The summed E-state index contributed by atoms with van der Waals surface area (Å²) in [6.07, 6.45) is 4.74. The molecule has 7 nitrogen and oxygen atoms in total. The highest BCUT2D eigenvalue weighted by molar-refractivity contribution is 5.98. The molecule has 196 valence electrons. The van der Waals surface area contributed by atoms with Crippen molar-refractivity contribution in [3.8, 4) is 5.69 Å². The molecule has 1 unspecified atom stereocenters. The van der Waals surface area contributed by atoms with Crippen LogP contribution in [0.1, 0.15) is 77.2 Å². The Labute approximate surface area is 220 Å². The quantitative estimate of drug-likeness (QED) is 0.435. The Morgan fingerprint density at radius 2 is 1.65 bits per heavy atom. The van der Waals surface area contributed by atoms with Crippen LogP contribution in [0.25, 0.3) is 5.69 Å². The average Bonchev–Trinajstić information content (AvgIpc) is 3.32. The molecule has 3 aromatic rings. The van der Waals surface area contributed by atoms with Crippen LogP contribution >= 0.6 is 0 Å². The molecule has 0 saturated carbocycles. The molecule has 0 fully saturated rings. The molecule has 0 aliphatic carbocycles.